The second kappa shape index (κ2) is 7.15. The molecule has 0 saturated carbocycles. The third-order valence-corrected chi connectivity index (χ3v) is 5.43. The number of aliphatic hydroxyl groups is 1. The van der Waals surface area contributed by atoms with Crippen molar-refractivity contribution in [3.05, 3.63) is 71.3 Å². The number of rotatable bonds is 4. The molecule has 142 valence electrons. The second-order valence-corrected chi connectivity index (χ2v) is 7.83. The largest absolute Gasteiger partial charge is 0.457 e. The van der Waals surface area contributed by atoms with Crippen LogP contribution < -0.4 is 4.74 Å². The molecule has 0 amide bonds. The van der Waals surface area contributed by atoms with Crippen molar-refractivity contribution in [2.24, 2.45) is 5.41 Å². The van der Waals surface area contributed by atoms with E-state index in [9.17, 15) is 5.11 Å². The summed E-state index contributed by atoms with van der Waals surface area (Å²) in [7, 11) is 0. The van der Waals surface area contributed by atoms with Gasteiger partial charge in [0, 0.05) is 10.4 Å². The van der Waals surface area contributed by atoms with Crippen LogP contribution in [0.4, 0.5) is 0 Å². The van der Waals surface area contributed by atoms with Crippen LogP contribution in [-0.4, -0.2) is 19.9 Å². The lowest BCUT2D eigenvalue weighted by Gasteiger charge is -2.37. The van der Waals surface area contributed by atoms with Crippen LogP contribution in [0, 0.1) is 5.41 Å². The van der Waals surface area contributed by atoms with Gasteiger partial charge in [0.2, 0.25) is 0 Å². The molecule has 3 aromatic rings. The molecule has 1 heterocycles. The molecule has 7 heteroatoms. The van der Waals surface area contributed by atoms with Crippen molar-refractivity contribution in [2.45, 2.75) is 32.4 Å². The Hall–Kier alpha value is -2.08. The maximum absolute atomic E-state index is 11.5. The summed E-state index contributed by atoms with van der Waals surface area (Å²) in [6, 6.07) is 13.1. The molecule has 5 nitrogen and oxygen atoms in total. The Bertz CT molecular complexity index is 927. The van der Waals surface area contributed by atoms with Gasteiger partial charge < -0.3 is 9.84 Å². The van der Waals surface area contributed by atoms with Crippen LogP contribution in [0.3, 0.4) is 0 Å². The SMILES string of the molecule is CC1(C)Cc2cc(Oc3ccc(Cl)cc3)ccc2C1(O)Cn1cncn1.Cl. The Morgan fingerprint density at radius 3 is 2.52 bits per heavy atom. The minimum atomic E-state index is -1.02. The fourth-order valence-electron chi connectivity index (χ4n) is 3.66. The molecule has 1 aliphatic carbocycles. The highest BCUT2D eigenvalue weighted by atomic mass is 35.5. The smallest absolute Gasteiger partial charge is 0.137 e. The highest BCUT2D eigenvalue weighted by molar-refractivity contribution is 6.30. The standard InChI is InChI=1S/C20H20ClN3O2.ClH/c1-19(2)10-14-9-17(26-16-5-3-15(21)4-6-16)7-8-18(14)20(19,25)11-24-13-22-12-23-24;/h3-9,12-13,25H,10-11H2,1-2H3;1H. The summed E-state index contributed by atoms with van der Waals surface area (Å²) in [4.78, 5) is 3.98. The third kappa shape index (κ3) is 3.55. The van der Waals surface area contributed by atoms with Gasteiger partial charge in [0.1, 0.15) is 29.8 Å². The van der Waals surface area contributed by atoms with Crippen molar-refractivity contribution in [1.29, 1.82) is 0 Å². The summed E-state index contributed by atoms with van der Waals surface area (Å²) < 4.78 is 7.61. The number of hydrogen-bond acceptors (Lipinski definition) is 4. The average Bonchev–Trinajstić information content (AvgIpc) is 3.15. The van der Waals surface area contributed by atoms with E-state index in [1.54, 1.807) is 23.1 Å². The summed E-state index contributed by atoms with van der Waals surface area (Å²) in [5.74, 6) is 1.47. The van der Waals surface area contributed by atoms with Crippen molar-refractivity contribution < 1.29 is 9.84 Å². The summed E-state index contributed by atoms with van der Waals surface area (Å²) >= 11 is 5.92. The Kier molecular flexibility index (Phi) is 5.21. The monoisotopic (exact) mass is 405 g/mol. The van der Waals surface area contributed by atoms with E-state index >= 15 is 0 Å². The number of hydrogen-bond donors (Lipinski definition) is 1. The zero-order valence-corrected chi connectivity index (χ0v) is 16.7. The van der Waals surface area contributed by atoms with E-state index in [-0.39, 0.29) is 17.8 Å². The van der Waals surface area contributed by atoms with E-state index in [0.717, 1.165) is 29.0 Å². The van der Waals surface area contributed by atoms with Crippen LogP contribution in [0.1, 0.15) is 25.0 Å². The normalized spacial score (nSPS) is 20.0. The van der Waals surface area contributed by atoms with Gasteiger partial charge in [-0.15, -0.1) is 12.4 Å². The second-order valence-electron chi connectivity index (χ2n) is 7.39. The topological polar surface area (TPSA) is 60.2 Å². The molecule has 1 aromatic heterocycles. The van der Waals surface area contributed by atoms with E-state index in [1.165, 1.54) is 6.33 Å². The number of aromatic nitrogens is 3. The van der Waals surface area contributed by atoms with Crippen LogP contribution in [0.5, 0.6) is 11.5 Å². The van der Waals surface area contributed by atoms with E-state index in [4.69, 9.17) is 16.3 Å². The fraction of sp³-hybridized carbons (Fsp3) is 0.300. The van der Waals surface area contributed by atoms with E-state index in [1.807, 2.05) is 30.3 Å². The molecule has 0 saturated heterocycles. The van der Waals surface area contributed by atoms with Crippen molar-refractivity contribution in [1.82, 2.24) is 14.8 Å². The van der Waals surface area contributed by atoms with Gasteiger partial charge in [-0.1, -0.05) is 31.5 Å². The van der Waals surface area contributed by atoms with Gasteiger partial charge in [-0.25, -0.2) is 9.67 Å². The Balaban J connectivity index is 0.00000210. The number of ether oxygens (including phenoxy) is 1. The lowest BCUT2D eigenvalue weighted by Crippen LogP contribution is -2.42. The molecule has 27 heavy (non-hydrogen) atoms. The minimum absolute atomic E-state index is 0. The molecule has 4 rings (SSSR count). The summed E-state index contributed by atoms with van der Waals surface area (Å²) in [6.45, 7) is 4.51. The first-order valence-corrected chi connectivity index (χ1v) is 8.87. The van der Waals surface area contributed by atoms with Gasteiger partial charge in [0.25, 0.3) is 0 Å². The lowest BCUT2D eigenvalue weighted by atomic mass is 9.75. The molecule has 2 aromatic carbocycles. The Morgan fingerprint density at radius 2 is 1.85 bits per heavy atom. The molecule has 0 aliphatic heterocycles. The first-order valence-electron chi connectivity index (χ1n) is 8.49. The Labute approximate surface area is 169 Å². The predicted molar refractivity (Wildman–Crippen MR) is 107 cm³/mol. The van der Waals surface area contributed by atoms with Gasteiger partial charge >= 0.3 is 0 Å². The van der Waals surface area contributed by atoms with Gasteiger partial charge in [0.05, 0.1) is 6.54 Å². The quantitative estimate of drug-likeness (QED) is 0.687. The van der Waals surface area contributed by atoms with Crippen molar-refractivity contribution >= 4 is 24.0 Å². The van der Waals surface area contributed by atoms with Crippen LogP contribution in [-0.2, 0) is 18.6 Å². The molecule has 1 atom stereocenters. The molecular formula is C20H21Cl2N3O2. The van der Waals surface area contributed by atoms with Gasteiger partial charge in [-0.3, -0.25) is 0 Å². The van der Waals surface area contributed by atoms with Crippen molar-refractivity contribution in [3.63, 3.8) is 0 Å². The molecule has 0 spiro atoms. The highest BCUT2D eigenvalue weighted by Crippen LogP contribution is 2.51. The van der Waals surface area contributed by atoms with Crippen LogP contribution in [0.25, 0.3) is 0 Å². The molecule has 0 radical (unpaired) electrons. The van der Waals surface area contributed by atoms with Crippen LogP contribution >= 0.6 is 24.0 Å². The molecule has 1 aliphatic rings. The first-order chi connectivity index (χ1) is 12.4. The average molecular weight is 406 g/mol. The van der Waals surface area contributed by atoms with Crippen LogP contribution in [0.15, 0.2) is 55.1 Å². The maximum atomic E-state index is 11.5. The van der Waals surface area contributed by atoms with Crippen molar-refractivity contribution in [3.8, 4) is 11.5 Å². The minimum Gasteiger partial charge on any atom is -0.457 e. The van der Waals surface area contributed by atoms with Gasteiger partial charge in [0.15, 0.2) is 0 Å². The van der Waals surface area contributed by atoms with Crippen LogP contribution in [0.2, 0.25) is 5.02 Å². The van der Waals surface area contributed by atoms with Crippen molar-refractivity contribution in [2.75, 3.05) is 0 Å². The zero-order chi connectivity index (χ0) is 18.4. The molecular weight excluding hydrogens is 385 g/mol. The highest BCUT2D eigenvalue weighted by Gasteiger charge is 2.51. The summed E-state index contributed by atoms with van der Waals surface area (Å²) in [6.07, 6.45) is 3.87. The molecule has 0 bridgehead atoms. The Morgan fingerprint density at radius 1 is 1.15 bits per heavy atom. The van der Waals surface area contributed by atoms with E-state index in [0.29, 0.717) is 11.6 Å². The lowest BCUT2D eigenvalue weighted by molar-refractivity contribution is -0.0754. The van der Waals surface area contributed by atoms with E-state index < -0.39 is 5.60 Å². The fourth-order valence-corrected chi connectivity index (χ4v) is 3.78. The number of nitrogens with zero attached hydrogens (tertiary/aromatic N) is 3. The number of halogens is 2. The maximum Gasteiger partial charge on any atom is 0.137 e. The van der Waals surface area contributed by atoms with Gasteiger partial charge in [-0.2, -0.15) is 5.10 Å². The third-order valence-electron chi connectivity index (χ3n) is 5.18. The predicted octanol–water partition coefficient (Wildman–Crippen LogP) is 4.62. The summed E-state index contributed by atoms with van der Waals surface area (Å²) in [5.41, 5.74) is 0.653. The number of benzene rings is 2. The first kappa shape index (κ1) is 19.7. The molecule has 1 unspecified atom stereocenters. The van der Waals surface area contributed by atoms with E-state index in [2.05, 4.69) is 23.9 Å². The van der Waals surface area contributed by atoms with Gasteiger partial charge in [-0.05, 0) is 53.9 Å². The number of fused-ring (bicyclic) bond motifs is 1. The summed E-state index contributed by atoms with van der Waals surface area (Å²) in [5, 5.41) is 16.3. The zero-order valence-electron chi connectivity index (χ0n) is 15.1. The molecule has 0 fully saturated rings. The molecule has 1 N–H and O–H groups in total.